The molecule has 3 nitrogen and oxygen atoms in total. The summed E-state index contributed by atoms with van der Waals surface area (Å²) in [5.41, 5.74) is 3.40. The fourth-order valence-corrected chi connectivity index (χ4v) is 2.51. The highest BCUT2D eigenvalue weighted by atomic mass is 32.1. The Labute approximate surface area is 131 Å². The van der Waals surface area contributed by atoms with Crippen LogP contribution in [-0.2, 0) is 0 Å². The van der Waals surface area contributed by atoms with E-state index >= 15 is 0 Å². The molecule has 1 atom stereocenters. The Balaban J connectivity index is 2.00. The number of anilines is 1. The van der Waals surface area contributed by atoms with E-state index in [1.165, 1.54) is 11.1 Å². The summed E-state index contributed by atoms with van der Waals surface area (Å²) in [7, 11) is 1.65. The second-order valence-corrected chi connectivity index (χ2v) is 5.32. The van der Waals surface area contributed by atoms with Gasteiger partial charge in [-0.2, -0.15) is 0 Å². The number of thiocarbonyl (C=S) groups is 1. The first kappa shape index (κ1) is 15.3. The van der Waals surface area contributed by atoms with Crippen molar-refractivity contribution in [3.05, 3.63) is 59.7 Å². The predicted molar refractivity (Wildman–Crippen MR) is 91.9 cm³/mol. The minimum atomic E-state index is 0.150. The van der Waals surface area contributed by atoms with Gasteiger partial charge in [-0.15, -0.1) is 0 Å². The minimum Gasteiger partial charge on any atom is -0.497 e. The molecule has 0 amide bonds. The number of benzene rings is 2. The maximum Gasteiger partial charge on any atom is 0.171 e. The summed E-state index contributed by atoms with van der Waals surface area (Å²) < 4.78 is 5.20. The third kappa shape index (κ3) is 4.20. The van der Waals surface area contributed by atoms with Gasteiger partial charge in [0.05, 0.1) is 13.2 Å². The third-order valence-corrected chi connectivity index (χ3v) is 3.55. The van der Waals surface area contributed by atoms with Crippen LogP contribution in [0.4, 0.5) is 5.69 Å². The summed E-state index contributed by atoms with van der Waals surface area (Å²) in [6.45, 7) is 4.20. The highest BCUT2D eigenvalue weighted by molar-refractivity contribution is 7.80. The van der Waals surface area contributed by atoms with Crippen LogP contribution in [0, 0.1) is 6.92 Å². The molecule has 0 saturated carbocycles. The number of rotatable bonds is 4. The molecule has 0 aromatic heterocycles. The molecule has 0 aliphatic heterocycles. The van der Waals surface area contributed by atoms with Crippen LogP contribution in [0.25, 0.3) is 0 Å². The van der Waals surface area contributed by atoms with Gasteiger partial charge in [0, 0.05) is 11.8 Å². The van der Waals surface area contributed by atoms with Crippen LogP contribution in [0.3, 0.4) is 0 Å². The zero-order chi connectivity index (χ0) is 15.2. The van der Waals surface area contributed by atoms with Crippen molar-refractivity contribution < 1.29 is 4.74 Å². The number of hydrogen-bond acceptors (Lipinski definition) is 2. The van der Waals surface area contributed by atoms with E-state index in [1.807, 2.05) is 36.4 Å². The molecule has 4 heteroatoms. The molecule has 2 N–H and O–H groups in total. The van der Waals surface area contributed by atoms with Crippen molar-refractivity contribution in [3.8, 4) is 5.75 Å². The molecule has 21 heavy (non-hydrogen) atoms. The van der Waals surface area contributed by atoms with Gasteiger partial charge in [0.25, 0.3) is 0 Å². The van der Waals surface area contributed by atoms with Crippen molar-refractivity contribution in [2.75, 3.05) is 12.4 Å². The van der Waals surface area contributed by atoms with E-state index in [2.05, 4.69) is 36.6 Å². The maximum absolute atomic E-state index is 5.37. The monoisotopic (exact) mass is 300 g/mol. The molecule has 2 aromatic carbocycles. The van der Waals surface area contributed by atoms with E-state index in [4.69, 9.17) is 17.0 Å². The molecule has 2 aromatic rings. The number of hydrogen-bond donors (Lipinski definition) is 2. The van der Waals surface area contributed by atoms with Gasteiger partial charge in [0.15, 0.2) is 5.11 Å². The van der Waals surface area contributed by atoms with Gasteiger partial charge in [-0.05, 0) is 49.3 Å². The van der Waals surface area contributed by atoms with E-state index in [1.54, 1.807) is 7.11 Å². The Morgan fingerprint density at radius 1 is 1.14 bits per heavy atom. The summed E-state index contributed by atoms with van der Waals surface area (Å²) in [5.74, 6) is 0.801. The smallest absolute Gasteiger partial charge is 0.171 e. The highest BCUT2D eigenvalue weighted by Gasteiger charge is 2.09. The molecule has 1 unspecified atom stereocenters. The van der Waals surface area contributed by atoms with Crippen LogP contribution >= 0.6 is 12.2 Å². The second-order valence-electron chi connectivity index (χ2n) is 4.91. The molecular weight excluding hydrogens is 280 g/mol. The van der Waals surface area contributed by atoms with Crippen LogP contribution in [0.1, 0.15) is 24.1 Å². The summed E-state index contributed by atoms with van der Waals surface area (Å²) >= 11 is 5.37. The van der Waals surface area contributed by atoms with Gasteiger partial charge >= 0.3 is 0 Å². The molecule has 0 heterocycles. The Kier molecular flexibility index (Phi) is 5.17. The first-order valence-electron chi connectivity index (χ1n) is 6.87. The lowest BCUT2D eigenvalue weighted by Crippen LogP contribution is -2.31. The van der Waals surface area contributed by atoms with Gasteiger partial charge in [-0.3, -0.25) is 0 Å². The number of methoxy groups -OCH3 is 1. The Hall–Kier alpha value is -2.07. The van der Waals surface area contributed by atoms with Crippen LogP contribution in [-0.4, -0.2) is 12.2 Å². The molecule has 0 bridgehead atoms. The molecule has 0 spiro atoms. The van der Waals surface area contributed by atoms with Crippen LogP contribution in [0.15, 0.2) is 48.5 Å². The minimum absolute atomic E-state index is 0.150. The zero-order valence-corrected chi connectivity index (χ0v) is 13.3. The molecular formula is C17H20N2OS. The van der Waals surface area contributed by atoms with Crippen molar-refractivity contribution in [2.45, 2.75) is 19.9 Å². The fourth-order valence-electron chi connectivity index (χ4n) is 2.22. The number of nitrogens with one attached hydrogen (secondary N) is 2. The quantitative estimate of drug-likeness (QED) is 0.835. The Bertz CT molecular complexity index is 628. The first-order chi connectivity index (χ1) is 10.1. The number of ether oxygens (including phenoxy) is 1. The Morgan fingerprint density at radius 2 is 1.90 bits per heavy atom. The third-order valence-electron chi connectivity index (χ3n) is 3.33. The molecule has 0 aliphatic carbocycles. The van der Waals surface area contributed by atoms with Crippen LogP contribution in [0.2, 0.25) is 0 Å². The fraction of sp³-hybridized carbons (Fsp3) is 0.235. The van der Waals surface area contributed by atoms with Gasteiger partial charge < -0.3 is 15.4 Å². The van der Waals surface area contributed by atoms with E-state index in [0.29, 0.717) is 5.11 Å². The van der Waals surface area contributed by atoms with Crippen molar-refractivity contribution in [2.24, 2.45) is 0 Å². The predicted octanol–water partition coefficient (Wildman–Crippen LogP) is 4.05. The molecule has 0 fully saturated rings. The van der Waals surface area contributed by atoms with E-state index in [-0.39, 0.29) is 6.04 Å². The first-order valence-corrected chi connectivity index (χ1v) is 7.28. The van der Waals surface area contributed by atoms with Gasteiger partial charge in [-0.1, -0.05) is 30.3 Å². The SMILES string of the molecule is COc1cccc(NC(=S)NC(C)c2ccccc2C)c1. The summed E-state index contributed by atoms with van der Waals surface area (Å²) in [4.78, 5) is 0. The van der Waals surface area contributed by atoms with Crippen molar-refractivity contribution in [1.29, 1.82) is 0 Å². The van der Waals surface area contributed by atoms with E-state index < -0.39 is 0 Å². The average Bonchev–Trinajstić information content (AvgIpc) is 2.47. The van der Waals surface area contributed by atoms with E-state index in [9.17, 15) is 0 Å². The second kappa shape index (κ2) is 7.09. The standard InChI is InChI=1S/C17H20N2OS/c1-12-7-4-5-10-16(12)13(2)18-17(21)19-14-8-6-9-15(11-14)20-3/h4-11,13H,1-3H3,(H2,18,19,21). The molecule has 2 rings (SSSR count). The maximum atomic E-state index is 5.37. The van der Waals surface area contributed by atoms with Gasteiger partial charge in [-0.25, -0.2) is 0 Å². The van der Waals surface area contributed by atoms with E-state index in [0.717, 1.165) is 11.4 Å². The van der Waals surface area contributed by atoms with Crippen LogP contribution < -0.4 is 15.4 Å². The normalized spacial score (nSPS) is 11.6. The van der Waals surface area contributed by atoms with Crippen molar-refractivity contribution >= 4 is 23.0 Å². The topological polar surface area (TPSA) is 33.3 Å². The lowest BCUT2D eigenvalue weighted by atomic mass is 10.0. The van der Waals surface area contributed by atoms with Gasteiger partial charge in [0.2, 0.25) is 0 Å². The zero-order valence-electron chi connectivity index (χ0n) is 12.5. The Morgan fingerprint density at radius 3 is 2.62 bits per heavy atom. The summed E-state index contributed by atoms with van der Waals surface area (Å²) in [5, 5.41) is 7.08. The van der Waals surface area contributed by atoms with Crippen molar-refractivity contribution in [1.82, 2.24) is 5.32 Å². The van der Waals surface area contributed by atoms with Crippen molar-refractivity contribution in [3.63, 3.8) is 0 Å². The number of aryl methyl sites for hydroxylation is 1. The highest BCUT2D eigenvalue weighted by Crippen LogP contribution is 2.18. The molecule has 110 valence electrons. The van der Waals surface area contributed by atoms with Gasteiger partial charge in [0.1, 0.15) is 5.75 Å². The van der Waals surface area contributed by atoms with Crippen LogP contribution in [0.5, 0.6) is 5.75 Å². The summed E-state index contributed by atoms with van der Waals surface area (Å²) in [6.07, 6.45) is 0. The molecule has 0 saturated heterocycles. The lowest BCUT2D eigenvalue weighted by molar-refractivity contribution is 0.415. The molecule has 0 aliphatic rings. The molecule has 0 radical (unpaired) electrons. The average molecular weight is 300 g/mol. The summed E-state index contributed by atoms with van der Waals surface area (Å²) in [6, 6.07) is 16.1. The lowest BCUT2D eigenvalue weighted by Gasteiger charge is -2.19. The largest absolute Gasteiger partial charge is 0.497 e.